The summed E-state index contributed by atoms with van der Waals surface area (Å²) in [6, 6.07) is 12.4. The summed E-state index contributed by atoms with van der Waals surface area (Å²) in [4.78, 5) is 0. The average molecular weight is 516 g/mol. The van der Waals surface area contributed by atoms with Crippen molar-refractivity contribution in [2.45, 2.75) is 27.7 Å². The van der Waals surface area contributed by atoms with Crippen LogP contribution >= 0.6 is 22.6 Å². The van der Waals surface area contributed by atoms with Crippen molar-refractivity contribution in [3.63, 3.8) is 0 Å². The van der Waals surface area contributed by atoms with Crippen molar-refractivity contribution in [1.82, 2.24) is 0 Å². The Kier molecular flexibility index (Phi) is 6.61. The molecule has 3 N–H and O–H groups in total. The molecule has 30 heavy (non-hydrogen) atoms. The van der Waals surface area contributed by atoms with Crippen molar-refractivity contribution in [3.05, 3.63) is 68.8 Å². The lowest BCUT2D eigenvalue weighted by Gasteiger charge is -2.17. The van der Waals surface area contributed by atoms with Gasteiger partial charge in [-0.2, -0.15) is 0 Å². The summed E-state index contributed by atoms with van der Waals surface area (Å²) in [6.07, 6.45) is 1.95. The molecule has 0 amide bonds. The number of ether oxygens (including phenoxy) is 1. The Morgan fingerprint density at radius 3 is 2.23 bits per heavy atom. The zero-order valence-electron chi connectivity index (χ0n) is 17.5. The Morgan fingerprint density at radius 1 is 0.967 bits per heavy atom. The van der Waals surface area contributed by atoms with Crippen LogP contribution in [0.4, 0.5) is 0 Å². The second-order valence-corrected chi connectivity index (χ2v) is 8.70. The number of rotatable bonds is 5. The zero-order chi connectivity index (χ0) is 22.0. The highest BCUT2D eigenvalue weighted by molar-refractivity contribution is 14.1. The van der Waals surface area contributed by atoms with Crippen molar-refractivity contribution in [3.8, 4) is 45.3 Å². The summed E-state index contributed by atoms with van der Waals surface area (Å²) < 4.78 is 6.49. The van der Waals surface area contributed by atoms with Gasteiger partial charge < -0.3 is 20.1 Å². The maximum absolute atomic E-state index is 11.0. The Hall–Kier alpha value is -2.67. The predicted molar refractivity (Wildman–Crippen MR) is 129 cm³/mol. The molecule has 0 radical (unpaired) electrons. The Bertz CT molecular complexity index is 1090. The lowest BCUT2D eigenvalue weighted by Crippen LogP contribution is -1.98. The van der Waals surface area contributed by atoms with Crippen LogP contribution in [0.2, 0.25) is 0 Å². The first-order valence-electron chi connectivity index (χ1n) is 9.60. The van der Waals surface area contributed by atoms with Gasteiger partial charge in [0, 0.05) is 5.56 Å². The van der Waals surface area contributed by atoms with Crippen LogP contribution in [0.15, 0.2) is 54.1 Å². The predicted octanol–water partition coefficient (Wildman–Crippen LogP) is 6.70. The standard InChI is InChI=1S/C25H25IO4/c1-14(2)9-10-30-25-21(26)12-18(13-22(25)28)23-15(3)11-20(16(4)24(23)29)17-5-7-19(27)8-6-17/h5-9,11-13,27-29H,10H2,1-4H3. The molecule has 0 aromatic heterocycles. The smallest absolute Gasteiger partial charge is 0.174 e. The second kappa shape index (κ2) is 9.00. The van der Waals surface area contributed by atoms with Gasteiger partial charge in [-0.1, -0.05) is 23.8 Å². The van der Waals surface area contributed by atoms with Crippen molar-refractivity contribution in [2.75, 3.05) is 6.61 Å². The third kappa shape index (κ3) is 4.56. The van der Waals surface area contributed by atoms with Crippen molar-refractivity contribution >= 4 is 22.6 Å². The number of aromatic hydroxyl groups is 3. The molecule has 4 nitrogen and oxygen atoms in total. The number of hydrogen-bond donors (Lipinski definition) is 3. The van der Waals surface area contributed by atoms with Gasteiger partial charge >= 0.3 is 0 Å². The molecule has 0 spiro atoms. The molecule has 0 aliphatic carbocycles. The fraction of sp³-hybridized carbons (Fsp3) is 0.200. The van der Waals surface area contributed by atoms with Crippen LogP contribution in [0.1, 0.15) is 25.0 Å². The lowest BCUT2D eigenvalue weighted by atomic mass is 9.90. The molecular weight excluding hydrogens is 491 g/mol. The molecule has 0 atom stereocenters. The van der Waals surface area contributed by atoms with Gasteiger partial charge in [0.15, 0.2) is 11.5 Å². The first-order chi connectivity index (χ1) is 14.2. The van der Waals surface area contributed by atoms with E-state index in [1.165, 1.54) is 0 Å². The zero-order valence-corrected chi connectivity index (χ0v) is 19.6. The highest BCUT2D eigenvalue weighted by atomic mass is 127. The highest BCUT2D eigenvalue weighted by Crippen LogP contribution is 2.44. The highest BCUT2D eigenvalue weighted by Gasteiger charge is 2.18. The van der Waals surface area contributed by atoms with Gasteiger partial charge in [-0.15, -0.1) is 0 Å². The number of phenols is 3. The fourth-order valence-electron chi connectivity index (χ4n) is 3.36. The molecule has 5 heteroatoms. The van der Waals surface area contributed by atoms with Crippen LogP contribution in [0.5, 0.6) is 23.0 Å². The number of phenolic OH excluding ortho intramolecular Hbond substituents is 3. The first kappa shape index (κ1) is 22.0. The lowest BCUT2D eigenvalue weighted by molar-refractivity contribution is 0.333. The number of aryl methyl sites for hydroxylation is 1. The van der Waals surface area contributed by atoms with Crippen LogP contribution < -0.4 is 4.74 Å². The minimum absolute atomic E-state index is 0.0399. The van der Waals surface area contributed by atoms with Crippen molar-refractivity contribution in [1.29, 1.82) is 0 Å². The summed E-state index contributed by atoms with van der Waals surface area (Å²) in [5.74, 6) is 0.849. The molecule has 0 aliphatic rings. The Morgan fingerprint density at radius 2 is 1.63 bits per heavy atom. The van der Waals surface area contributed by atoms with Crippen LogP contribution in [0.25, 0.3) is 22.3 Å². The van der Waals surface area contributed by atoms with E-state index in [0.29, 0.717) is 17.9 Å². The summed E-state index contributed by atoms with van der Waals surface area (Å²) in [6.45, 7) is 8.17. The molecule has 0 saturated carbocycles. The van der Waals surface area contributed by atoms with E-state index in [4.69, 9.17) is 4.74 Å². The van der Waals surface area contributed by atoms with Crippen LogP contribution in [-0.2, 0) is 0 Å². The van der Waals surface area contributed by atoms with Gasteiger partial charge in [0.2, 0.25) is 0 Å². The normalized spacial score (nSPS) is 10.7. The van der Waals surface area contributed by atoms with Gasteiger partial charge in [0.25, 0.3) is 0 Å². The number of halogens is 1. The Balaban J connectivity index is 2.05. The topological polar surface area (TPSA) is 69.9 Å². The molecule has 0 unspecified atom stereocenters. The van der Waals surface area contributed by atoms with E-state index in [2.05, 4.69) is 22.6 Å². The van der Waals surface area contributed by atoms with Crippen LogP contribution in [0, 0.1) is 17.4 Å². The maximum Gasteiger partial charge on any atom is 0.174 e. The molecule has 0 aliphatic heterocycles. The molecule has 3 rings (SSSR count). The van der Waals surface area contributed by atoms with E-state index in [0.717, 1.165) is 37.0 Å². The molecule has 3 aromatic rings. The first-order valence-corrected chi connectivity index (χ1v) is 10.7. The minimum Gasteiger partial charge on any atom is -0.508 e. The average Bonchev–Trinajstić information content (AvgIpc) is 2.67. The van der Waals surface area contributed by atoms with Gasteiger partial charge in [-0.25, -0.2) is 0 Å². The van der Waals surface area contributed by atoms with Gasteiger partial charge in [-0.05, 0) is 108 Å². The fourth-order valence-corrected chi connectivity index (χ4v) is 4.13. The summed E-state index contributed by atoms with van der Waals surface area (Å²) in [5.41, 5.74) is 5.98. The van der Waals surface area contributed by atoms with E-state index in [9.17, 15) is 15.3 Å². The third-order valence-electron chi connectivity index (χ3n) is 4.96. The largest absolute Gasteiger partial charge is 0.508 e. The van der Waals surface area contributed by atoms with E-state index in [1.54, 1.807) is 18.2 Å². The van der Waals surface area contributed by atoms with Gasteiger partial charge in [-0.3, -0.25) is 0 Å². The van der Waals surface area contributed by atoms with Crippen LogP contribution in [0.3, 0.4) is 0 Å². The number of hydrogen-bond acceptors (Lipinski definition) is 4. The summed E-state index contributed by atoms with van der Waals surface area (Å²) in [7, 11) is 0. The van der Waals surface area contributed by atoms with E-state index in [1.807, 2.05) is 58.0 Å². The number of benzene rings is 3. The number of allylic oxidation sites excluding steroid dienone is 1. The molecular formula is C25H25IO4. The molecule has 3 aromatic carbocycles. The molecule has 0 heterocycles. The van der Waals surface area contributed by atoms with Crippen LogP contribution in [-0.4, -0.2) is 21.9 Å². The SMILES string of the molecule is CC(C)=CCOc1c(O)cc(-c2c(C)cc(-c3ccc(O)cc3)c(C)c2O)cc1I. The summed E-state index contributed by atoms with van der Waals surface area (Å²) >= 11 is 2.14. The second-order valence-electron chi connectivity index (χ2n) is 7.54. The quantitative estimate of drug-likeness (QED) is 0.261. The molecule has 0 fully saturated rings. The maximum atomic E-state index is 11.0. The molecule has 156 valence electrons. The molecule has 0 bridgehead atoms. The van der Waals surface area contributed by atoms with E-state index < -0.39 is 0 Å². The Labute approximate surface area is 190 Å². The summed E-state index contributed by atoms with van der Waals surface area (Å²) in [5, 5.41) is 31.1. The van der Waals surface area contributed by atoms with E-state index >= 15 is 0 Å². The molecule has 0 saturated heterocycles. The third-order valence-corrected chi connectivity index (χ3v) is 5.76. The van der Waals surface area contributed by atoms with Gasteiger partial charge in [0.05, 0.1) is 3.57 Å². The van der Waals surface area contributed by atoms with Gasteiger partial charge in [0.1, 0.15) is 18.1 Å². The van der Waals surface area contributed by atoms with E-state index in [-0.39, 0.29) is 17.2 Å². The van der Waals surface area contributed by atoms with Crippen molar-refractivity contribution in [2.24, 2.45) is 0 Å². The van der Waals surface area contributed by atoms with Crippen molar-refractivity contribution < 1.29 is 20.1 Å². The minimum atomic E-state index is 0.0399. The monoisotopic (exact) mass is 516 g/mol.